The Kier molecular flexibility index (Phi) is 5.21. The lowest BCUT2D eigenvalue weighted by Gasteiger charge is -2.08. The van der Waals surface area contributed by atoms with Gasteiger partial charge < -0.3 is 10.1 Å². The smallest absolute Gasteiger partial charge is 0.341 e. The van der Waals surface area contributed by atoms with E-state index < -0.39 is 0 Å². The Hall–Kier alpha value is -0.880. The first kappa shape index (κ1) is 15.5. The SMILES string of the molecule is COC(=O)c1c(NC(=O)C(C)Br)sc2c1CCCCC2. The Labute approximate surface area is 131 Å². The molecule has 1 aliphatic carbocycles. The molecule has 6 heteroatoms. The van der Waals surface area contributed by atoms with Crippen LogP contribution in [0, 0.1) is 0 Å². The maximum atomic E-state index is 12.1. The predicted octanol–water partition coefficient (Wildman–Crippen LogP) is 3.53. The van der Waals surface area contributed by atoms with Crippen LogP contribution in [0.15, 0.2) is 0 Å². The van der Waals surface area contributed by atoms with Gasteiger partial charge in [0.05, 0.1) is 17.5 Å². The molecule has 0 fully saturated rings. The van der Waals surface area contributed by atoms with Crippen LogP contribution in [-0.4, -0.2) is 23.8 Å². The minimum Gasteiger partial charge on any atom is -0.465 e. The van der Waals surface area contributed by atoms with Gasteiger partial charge in [-0.3, -0.25) is 4.79 Å². The summed E-state index contributed by atoms with van der Waals surface area (Å²) in [6, 6.07) is 0. The van der Waals surface area contributed by atoms with E-state index in [1.54, 1.807) is 6.92 Å². The number of thiophene rings is 1. The molecule has 1 atom stereocenters. The number of amides is 1. The van der Waals surface area contributed by atoms with E-state index in [0.717, 1.165) is 31.2 Å². The molecule has 20 heavy (non-hydrogen) atoms. The number of methoxy groups -OCH3 is 1. The maximum absolute atomic E-state index is 12.1. The van der Waals surface area contributed by atoms with Gasteiger partial charge in [0.1, 0.15) is 5.00 Å². The number of fused-ring (bicyclic) bond motifs is 1. The van der Waals surface area contributed by atoms with Crippen molar-refractivity contribution >= 4 is 44.1 Å². The number of hydrogen-bond acceptors (Lipinski definition) is 4. The lowest BCUT2D eigenvalue weighted by atomic mass is 10.1. The van der Waals surface area contributed by atoms with Crippen LogP contribution < -0.4 is 5.32 Å². The van der Waals surface area contributed by atoms with E-state index in [1.807, 2.05) is 0 Å². The van der Waals surface area contributed by atoms with Crippen molar-refractivity contribution in [1.29, 1.82) is 0 Å². The van der Waals surface area contributed by atoms with Crippen LogP contribution in [0.4, 0.5) is 5.00 Å². The summed E-state index contributed by atoms with van der Waals surface area (Å²) in [7, 11) is 1.38. The third kappa shape index (κ3) is 3.23. The number of alkyl halides is 1. The molecular weight excluding hydrogens is 342 g/mol. The van der Waals surface area contributed by atoms with Crippen LogP contribution >= 0.6 is 27.3 Å². The highest BCUT2D eigenvalue weighted by molar-refractivity contribution is 9.10. The standard InChI is InChI=1S/C14H18BrNO3S/c1-8(15)12(17)16-13-11(14(18)19-2)9-6-4-3-5-7-10(9)20-13/h8H,3-7H2,1-2H3,(H,16,17). The highest BCUT2D eigenvalue weighted by Gasteiger charge is 2.26. The van der Waals surface area contributed by atoms with E-state index in [2.05, 4.69) is 21.2 Å². The summed E-state index contributed by atoms with van der Waals surface area (Å²) in [5.41, 5.74) is 1.62. The normalized spacial score (nSPS) is 15.9. The number of halogens is 1. The fourth-order valence-electron chi connectivity index (χ4n) is 2.36. The summed E-state index contributed by atoms with van der Waals surface area (Å²) in [6.45, 7) is 1.76. The first-order valence-corrected chi connectivity index (χ1v) is 8.45. The Morgan fingerprint density at radius 1 is 1.30 bits per heavy atom. The van der Waals surface area contributed by atoms with Gasteiger partial charge in [0.15, 0.2) is 0 Å². The van der Waals surface area contributed by atoms with E-state index in [-0.39, 0.29) is 16.7 Å². The zero-order chi connectivity index (χ0) is 14.7. The Bertz CT molecular complexity index is 525. The predicted molar refractivity (Wildman–Crippen MR) is 83.9 cm³/mol. The van der Waals surface area contributed by atoms with Crippen molar-refractivity contribution in [3.63, 3.8) is 0 Å². The number of aryl methyl sites for hydroxylation is 1. The molecule has 0 aromatic carbocycles. The summed E-state index contributed by atoms with van der Waals surface area (Å²) in [6.07, 6.45) is 5.26. The Balaban J connectivity index is 2.40. The van der Waals surface area contributed by atoms with Crippen molar-refractivity contribution < 1.29 is 14.3 Å². The highest BCUT2D eigenvalue weighted by Crippen LogP contribution is 2.38. The number of ether oxygens (including phenoxy) is 1. The van der Waals surface area contributed by atoms with Crippen molar-refractivity contribution in [2.75, 3.05) is 12.4 Å². The van der Waals surface area contributed by atoms with Crippen LogP contribution in [0.25, 0.3) is 0 Å². The maximum Gasteiger partial charge on any atom is 0.341 e. The van der Waals surface area contributed by atoms with Gasteiger partial charge in [0.2, 0.25) is 5.91 Å². The lowest BCUT2D eigenvalue weighted by Crippen LogP contribution is -2.21. The number of carbonyl (C=O) groups is 2. The molecule has 110 valence electrons. The number of carbonyl (C=O) groups excluding carboxylic acids is 2. The topological polar surface area (TPSA) is 55.4 Å². The average molecular weight is 360 g/mol. The second kappa shape index (κ2) is 6.72. The van der Waals surface area contributed by atoms with E-state index in [9.17, 15) is 9.59 Å². The summed E-state index contributed by atoms with van der Waals surface area (Å²) >= 11 is 4.75. The molecule has 1 unspecified atom stereocenters. The van der Waals surface area contributed by atoms with Crippen molar-refractivity contribution in [2.45, 2.75) is 43.9 Å². The third-order valence-corrected chi connectivity index (χ3v) is 5.03. The van der Waals surface area contributed by atoms with Gasteiger partial charge >= 0.3 is 5.97 Å². The highest BCUT2D eigenvalue weighted by atomic mass is 79.9. The zero-order valence-corrected chi connectivity index (χ0v) is 14.0. The molecule has 0 saturated heterocycles. The lowest BCUT2D eigenvalue weighted by molar-refractivity contribution is -0.115. The molecule has 0 saturated carbocycles. The fourth-order valence-corrected chi connectivity index (χ4v) is 3.75. The van der Waals surface area contributed by atoms with E-state index >= 15 is 0 Å². The first-order chi connectivity index (χ1) is 9.54. The Morgan fingerprint density at radius 2 is 2.00 bits per heavy atom. The molecule has 0 radical (unpaired) electrons. The average Bonchev–Trinajstić information content (AvgIpc) is 2.59. The number of hydrogen-bond donors (Lipinski definition) is 1. The molecular formula is C14H18BrNO3S. The van der Waals surface area contributed by atoms with Crippen molar-refractivity contribution in [1.82, 2.24) is 0 Å². The van der Waals surface area contributed by atoms with Crippen LogP contribution in [0.5, 0.6) is 0 Å². The van der Waals surface area contributed by atoms with E-state index in [0.29, 0.717) is 10.6 Å². The first-order valence-electron chi connectivity index (χ1n) is 6.72. The third-order valence-electron chi connectivity index (χ3n) is 3.41. The van der Waals surface area contributed by atoms with Gasteiger partial charge in [-0.2, -0.15) is 0 Å². The van der Waals surface area contributed by atoms with E-state index in [1.165, 1.54) is 29.7 Å². The molecule has 1 aliphatic rings. The van der Waals surface area contributed by atoms with Gasteiger partial charge in [-0.25, -0.2) is 4.79 Å². The fraction of sp³-hybridized carbons (Fsp3) is 0.571. The number of esters is 1. The van der Waals surface area contributed by atoms with Crippen LogP contribution in [0.2, 0.25) is 0 Å². The summed E-state index contributed by atoms with van der Waals surface area (Å²) in [5.74, 6) is -0.506. The summed E-state index contributed by atoms with van der Waals surface area (Å²) in [4.78, 5) is 24.8. The molecule has 0 spiro atoms. The van der Waals surface area contributed by atoms with Gasteiger partial charge in [-0.15, -0.1) is 11.3 Å². The molecule has 4 nitrogen and oxygen atoms in total. The van der Waals surface area contributed by atoms with Crippen LogP contribution in [0.3, 0.4) is 0 Å². The van der Waals surface area contributed by atoms with Crippen molar-refractivity contribution in [3.8, 4) is 0 Å². The molecule has 1 aromatic rings. The minimum atomic E-state index is -0.359. The minimum absolute atomic E-state index is 0.147. The summed E-state index contributed by atoms with van der Waals surface area (Å²) in [5, 5.41) is 3.46. The molecule has 1 amide bonds. The van der Waals surface area contributed by atoms with Gasteiger partial charge in [-0.05, 0) is 38.2 Å². The number of nitrogens with one attached hydrogen (secondary N) is 1. The molecule has 1 N–H and O–H groups in total. The molecule has 1 heterocycles. The molecule has 2 rings (SSSR count). The second-order valence-electron chi connectivity index (χ2n) is 4.87. The quantitative estimate of drug-likeness (QED) is 0.510. The largest absolute Gasteiger partial charge is 0.465 e. The molecule has 0 bridgehead atoms. The van der Waals surface area contributed by atoms with Crippen LogP contribution in [-0.2, 0) is 22.4 Å². The Morgan fingerprint density at radius 3 is 2.65 bits per heavy atom. The zero-order valence-electron chi connectivity index (χ0n) is 11.6. The molecule has 0 aliphatic heterocycles. The number of rotatable bonds is 3. The van der Waals surface area contributed by atoms with Gasteiger partial charge in [0, 0.05) is 4.88 Å². The second-order valence-corrected chi connectivity index (χ2v) is 7.34. The monoisotopic (exact) mass is 359 g/mol. The number of anilines is 1. The van der Waals surface area contributed by atoms with Gasteiger partial charge in [0.25, 0.3) is 0 Å². The molecule has 1 aromatic heterocycles. The van der Waals surface area contributed by atoms with Crippen LogP contribution in [0.1, 0.15) is 47.0 Å². The summed E-state index contributed by atoms with van der Waals surface area (Å²) < 4.78 is 4.89. The van der Waals surface area contributed by atoms with Gasteiger partial charge in [-0.1, -0.05) is 22.4 Å². The van der Waals surface area contributed by atoms with Crippen molar-refractivity contribution in [2.24, 2.45) is 0 Å². The van der Waals surface area contributed by atoms with Crippen molar-refractivity contribution in [3.05, 3.63) is 16.0 Å². The van der Waals surface area contributed by atoms with E-state index in [4.69, 9.17) is 4.74 Å².